The van der Waals surface area contributed by atoms with Gasteiger partial charge in [-0.3, -0.25) is 19.3 Å². The van der Waals surface area contributed by atoms with Gasteiger partial charge in [0.05, 0.1) is 37.4 Å². The van der Waals surface area contributed by atoms with E-state index >= 15 is 4.79 Å². The molecular weight excluding hydrogens is 829 g/mol. The number of hydrogen-bond donors (Lipinski definition) is 4. The molecule has 8 rings (SSSR count). The van der Waals surface area contributed by atoms with E-state index in [0.29, 0.717) is 40.8 Å². The molecule has 4 aromatic rings. The van der Waals surface area contributed by atoms with Crippen molar-refractivity contribution >= 4 is 35.5 Å². The Labute approximate surface area is 378 Å². The van der Waals surface area contributed by atoms with Gasteiger partial charge in [0, 0.05) is 5.56 Å². The van der Waals surface area contributed by atoms with Gasteiger partial charge in [0.1, 0.15) is 41.6 Å². The summed E-state index contributed by atoms with van der Waals surface area (Å²) in [7, 11) is 1.20. The van der Waals surface area contributed by atoms with Crippen LogP contribution in [0.15, 0.2) is 103 Å². The van der Waals surface area contributed by atoms with Crippen molar-refractivity contribution in [1.82, 2.24) is 10.2 Å². The topological polar surface area (TPSA) is 198 Å². The second kappa shape index (κ2) is 18.5. The Morgan fingerprint density at radius 3 is 2.12 bits per heavy atom. The molecule has 338 valence electrons. The summed E-state index contributed by atoms with van der Waals surface area (Å²) in [5.74, 6) is 1.18. The van der Waals surface area contributed by atoms with E-state index in [9.17, 15) is 29.4 Å². The normalized spacial score (nSPS) is 25.1. The van der Waals surface area contributed by atoms with E-state index in [1.807, 2.05) is 65.6 Å². The van der Waals surface area contributed by atoms with Crippen LogP contribution in [0, 0.1) is 23.7 Å². The van der Waals surface area contributed by atoms with Crippen LogP contribution >= 0.6 is 0 Å². The molecule has 3 aliphatic heterocycles. The third kappa shape index (κ3) is 8.13. The second-order valence-electron chi connectivity index (χ2n) is 17.6. The molecule has 5 N–H and O–H groups in total. The molecule has 0 bridgehead atoms. The number of nitrogens with zero attached hydrogens (tertiary/aromatic N) is 2. The van der Waals surface area contributed by atoms with E-state index < -0.39 is 82.9 Å². The third-order valence-corrected chi connectivity index (χ3v) is 13.3. The number of nitrogens with one attached hydrogen (secondary N) is 1. The Morgan fingerprint density at radius 2 is 1.52 bits per heavy atom. The van der Waals surface area contributed by atoms with E-state index in [0.717, 1.165) is 30.6 Å². The van der Waals surface area contributed by atoms with Crippen molar-refractivity contribution in [3.63, 3.8) is 0 Å². The van der Waals surface area contributed by atoms with E-state index in [2.05, 4.69) is 17.2 Å². The van der Waals surface area contributed by atoms with Gasteiger partial charge in [-0.1, -0.05) is 111 Å². The van der Waals surface area contributed by atoms with E-state index in [4.69, 9.17) is 19.9 Å². The summed E-state index contributed by atoms with van der Waals surface area (Å²) in [6, 6.07) is 24.5. The predicted molar refractivity (Wildman–Crippen MR) is 239 cm³/mol. The molecule has 1 saturated carbocycles. The number of ether oxygens (including phenoxy) is 3. The number of cyclic esters (lactones) is 1. The van der Waals surface area contributed by atoms with Crippen LogP contribution in [0.1, 0.15) is 98.4 Å². The Balaban J connectivity index is 1.42. The van der Waals surface area contributed by atoms with Crippen LogP contribution in [0.25, 0.3) is 0 Å². The van der Waals surface area contributed by atoms with Crippen molar-refractivity contribution in [3.8, 4) is 17.6 Å². The van der Waals surface area contributed by atoms with Crippen LogP contribution in [0.3, 0.4) is 0 Å². The highest BCUT2D eigenvalue weighted by Crippen LogP contribution is 2.65. The number of morpholine rings is 1. The number of fused-ring (bicyclic) bond motifs is 3. The van der Waals surface area contributed by atoms with Crippen molar-refractivity contribution in [2.45, 2.75) is 93.7 Å². The molecular formula is C51H54N4O10. The first-order valence-corrected chi connectivity index (χ1v) is 22.2. The summed E-state index contributed by atoms with van der Waals surface area (Å²) in [5.41, 5.74) is 5.63. The Bertz CT molecular complexity index is 2500. The predicted octanol–water partition coefficient (Wildman–Crippen LogP) is 5.55. The fraction of sp³-hybridized carbons (Fsp3) is 0.392. The van der Waals surface area contributed by atoms with Gasteiger partial charge in [0.15, 0.2) is 0 Å². The van der Waals surface area contributed by atoms with Gasteiger partial charge in [-0.25, -0.2) is 14.5 Å². The molecule has 0 aromatic heterocycles. The summed E-state index contributed by atoms with van der Waals surface area (Å²) in [6.45, 7) is 3.22. The molecule has 1 spiro atoms. The Morgan fingerprint density at radius 1 is 0.877 bits per heavy atom. The van der Waals surface area contributed by atoms with E-state index in [1.165, 1.54) is 7.11 Å². The zero-order valence-corrected chi connectivity index (χ0v) is 36.6. The summed E-state index contributed by atoms with van der Waals surface area (Å²) >= 11 is 0. The molecule has 14 heteroatoms. The summed E-state index contributed by atoms with van der Waals surface area (Å²) in [4.78, 5) is 76.4. The summed E-state index contributed by atoms with van der Waals surface area (Å²) in [5, 5.41) is 23.8. The van der Waals surface area contributed by atoms with Crippen LogP contribution in [-0.4, -0.2) is 82.9 Å². The average Bonchev–Trinajstić information content (AvgIpc) is 3.65. The highest BCUT2D eigenvalue weighted by atomic mass is 16.6. The molecule has 4 amide bonds. The maximum Gasteiger partial charge on any atom is 0.329 e. The van der Waals surface area contributed by atoms with Crippen LogP contribution in [-0.2, 0) is 34.1 Å². The molecule has 0 unspecified atom stereocenters. The highest BCUT2D eigenvalue weighted by Gasteiger charge is 2.75. The van der Waals surface area contributed by atoms with E-state index in [1.54, 1.807) is 56.3 Å². The van der Waals surface area contributed by atoms with Crippen molar-refractivity contribution in [3.05, 3.63) is 131 Å². The van der Waals surface area contributed by atoms with Gasteiger partial charge >= 0.3 is 18.0 Å². The lowest BCUT2D eigenvalue weighted by molar-refractivity contribution is -0.178. The molecule has 65 heavy (non-hydrogen) atoms. The minimum absolute atomic E-state index is 0.0170. The van der Waals surface area contributed by atoms with Crippen molar-refractivity contribution in [1.29, 1.82) is 0 Å². The maximum atomic E-state index is 16.2. The van der Waals surface area contributed by atoms with Gasteiger partial charge in [-0.15, -0.1) is 0 Å². The molecule has 1 aliphatic carbocycles. The first kappa shape index (κ1) is 45.1. The van der Waals surface area contributed by atoms with Crippen LogP contribution in [0.2, 0.25) is 0 Å². The molecule has 4 aromatic carbocycles. The third-order valence-electron chi connectivity index (χ3n) is 13.3. The minimum atomic E-state index is -2.12. The number of benzene rings is 4. The lowest BCUT2D eigenvalue weighted by Gasteiger charge is -2.46. The first-order chi connectivity index (χ1) is 31.3. The van der Waals surface area contributed by atoms with Gasteiger partial charge in [0.2, 0.25) is 11.8 Å². The van der Waals surface area contributed by atoms with Gasteiger partial charge < -0.3 is 35.5 Å². The summed E-state index contributed by atoms with van der Waals surface area (Å²) in [6.07, 6.45) is 3.63. The number of esters is 2. The highest BCUT2D eigenvalue weighted by molar-refractivity contribution is 6.25. The lowest BCUT2D eigenvalue weighted by atomic mass is 9.65. The monoisotopic (exact) mass is 882 g/mol. The van der Waals surface area contributed by atoms with Crippen molar-refractivity contribution in [2.24, 2.45) is 17.6 Å². The molecule has 2 saturated heterocycles. The molecule has 3 heterocycles. The fourth-order valence-electron chi connectivity index (χ4n) is 10.4. The number of aliphatic hydroxyl groups excluding tert-OH is 1. The van der Waals surface area contributed by atoms with Crippen LogP contribution < -0.4 is 20.7 Å². The van der Waals surface area contributed by atoms with E-state index in [-0.39, 0.29) is 24.5 Å². The zero-order chi connectivity index (χ0) is 46.0. The van der Waals surface area contributed by atoms with Gasteiger partial charge in [-0.2, -0.15) is 0 Å². The number of aliphatic hydroxyl groups is 2. The number of carbonyl (C=O) groups is 5. The zero-order valence-electron chi connectivity index (χ0n) is 36.6. The first-order valence-electron chi connectivity index (χ1n) is 22.2. The Hall–Kier alpha value is -6.53. The number of nitrogens with two attached hydrogens (primary N) is 1. The molecule has 14 nitrogen and oxygen atoms in total. The molecule has 3 fully saturated rings. The molecule has 4 aliphatic rings. The fourth-order valence-corrected chi connectivity index (χ4v) is 10.4. The van der Waals surface area contributed by atoms with Gasteiger partial charge in [-0.05, 0) is 84.2 Å². The smallest absolute Gasteiger partial charge is 0.329 e. The SMILES string of the molecule is COC(=O)[C@@H](NC(=O)N1C(=O)[C@@]2(c3cc(C#CC4(O)CCCCCC4)ccc31)[C@H](C(N)=O)[C@H]1C(=O)O[C@H](c3ccccc3)[C@H](c3ccccc3)N1[C@@H]2c1ccc(OCCO)cc1)C(C)C. The maximum absolute atomic E-state index is 16.2. The number of primary amides is 1. The van der Waals surface area contributed by atoms with Crippen LogP contribution in [0.4, 0.5) is 10.5 Å². The van der Waals surface area contributed by atoms with Crippen molar-refractivity contribution in [2.75, 3.05) is 25.2 Å². The number of anilines is 1. The minimum Gasteiger partial charge on any atom is -0.491 e. The number of carbonyl (C=O) groups excluding carboxylic acids is 5. The number of rotatable bonds is 10. The number of methoxy groups -OCH3 is 1. The number of hydrogen-bond acceptors (Lipinski definition) is 11. The van der Waals surface area contributed by atoms with Gasteiger partial charge in [0.25, 0.3) is 0 Å². The molecule has 0 radical (unpaired) electrons. The van der Waals surface area contributed by atoms with Crippen LogP contribution in [0.5, 0.6) is 5.75 Å². The number of urea groups is 1. The molecule has 7 atom stereocenters. The van der Waals surface area contributed by atoms with Crippen molar-refractivity contribution < 1.29 is 48.4 Å². The average molecular weight is 883 g/mol. The lowest BCUT2D eigenvalue weighted by Crippen LogP contribution is -2.57. The standard InChI is InChI=1S/C51H54N4O10/c1-31(2)40(46(58)63-3)53-49(61)54-38-23-18-32(24-27-50(62)25-12-4-5-13-26-50)30-37(38)51(48(54)60)39(45(52)57)42-47(59)65-43(34-16-10-7-11-17-34)41(33-14-8-6-9-15-33)55(42)44(51)35-19-21-36(22-20-35)64-29-28-56/h6-11,14-23,30-31,39-44,56,62H,4-5,12-13,25-26,28-29H2,1-3H3,(H2,52,57)(H,53,61)/t39-,40-,41-,42-,43+,44+,51-/m0/s1. The number of imide groups is 1. The number of amides is 4. The summed E-state index contributed by atoms with van der Waals surface area (Å²) < 4.78 is 17.2. The largest absolute Gasteiger partial charge is 0.491 e. The Kier molecular flexibility index (Phi) is 12.8. The second-order valence-corrected chi connectivity index (χ2v) is 17.6. The quantitative estimate of drug-likeness (QED) is 0.0885.